The molecule has 1 saturated carbocycles. The zero-order valence-corrected chi connectivity index (χ0v) is 11.9. The zero-order valence-electron chi connectivity index (χ0n) is 11.1. The molecule has 0 unspecified atom stereocenters. The van der Waals surface area contributed by atoms with Crippen molar-refractivity contribution < 1.29 is 0 Å². The molecule has 1 N–H and O–H groups in total. The molecule has 96 valence electrons. The molecule has 0 amide bonds. The van der Waals surface area contributed by atoms with Gasteiger partial charge in [0.05, 0.1) is 0 Å². The molecule has 17 heavy (non-hydrogen) atoms. The summed E-state index contributed by atoms with van der Waals surface area (Å²) in [7, 11) is 0. The fourth-order valence-corrected chi connectivity index (χ4v) is 3.55. The van der Waals surface area contributed by atoms with Crippen molar-refractivity contribution in [3.05, 3.63) is 22.4 Å². The Morgan fingerprint density at radius 2 is 2.06 bits per heavy atom. The number of hydrogen-bond donors (Lipinski definition) is 1. The lowest BCUT2D eigenvalue weighted by Gasteiger charge is -2.31. The van der Waals surface area contributed by atoms with Crippen molar-refractivity contribution in [3.63, 3.8) is 0 Å². The van der Waals surface area contributed by atoms with Gasteiger partial charge in [0.2, 0.25) is 0 Å². The van der Waals surface area contributed by atoms with E-state index in [9.17, 15) is 0 Å². The molecule has 1 aromatic heterocycles. The Labute approximate surface area is 110 Å². The number of rotatable bonds is 5. The Balaban J connectivity index is 1.62. The smallest absolute Gasteiger partial charge is 0.00673 e. The van der Waals surface area contributed by atoms with Crippen LogP contribution < -0.4 is 5.32 Å². The fraction of sp³-hybridized carbons (Fsp3) is 0.733. The van der Waals surface area contributed by atoms with Gasteiger partial charge < -0.3 is 5.32 Å². The number of thiophene rings is 1. The van der Waals surface area contributed by atoms with Crippen LogP contribution >= 0.6 is 11.3 Å². The van der Waals surface area contributed by atoms with E-state index >= 15 is 0 Å². The third kappa shape index (κ3) is 4.11. The first-order valence-corrected chi connectivity index (χ1v) is 7.94. The van der Waals surface area contributed by atoms with Gasteiger partial charge in [-0.25, -0.2) is 0 Å². The Morgan fingerprint density at radius 1 is 1.29 bits per heavy atom. The van der Waals surface area contributed by atoms with Crippen LogP contribution in [0.25, 0.3) is 0 Å². The van der Waals surface area contributed by atoms with Crippen molar-refractivity contribution in [1.29, 1.82) is 0 Å². The van der Waals surface area contributed by atoms with Gasteiger partial charge in [0.1, 0.15) is 0 Å². The summed E-state index contributed by atoms with van der Waals surface area (Å²) in [6.45, 7) is 5.89. The molecule has 1 fully saturated rings. The van der Waals surface area contributed by atoms with E-state index in [0.29, 0.717) is 0 Å². The predicted octanol–water partition coefficient (Wildman–Crippen LogP) is 4.10. The van der Waals surface area contributed by atoms with Crippen molar-refractivity contribution in [3.8, 4) is 0 Å². The molecule has 2 heteroatoms. The molecular weight excluding hydrogens is 226 g/mol. The van der Waals surface area contributed by atoms with Gasteiger partial charge in [0.25, 0.3) is 0 Å². The van der Waals surface area contributed by atoms with Gasteiger partial charge in [0, 0.05) is 6.04 Å². The summed E-state index contributed by atoms with van der Waals surface area (Å²) in [5.74, 6) is 1.85. The molecule has 0 aromatic carbocycles. The summed E-state index contributed by atoms with van der Waals surface area (Å²) in [5, 5.41) is 8.16. The summed E-state index contributed by atoms with van der Waals surface area (Å²) in [4.78, 5) is 0. The van der Waals surface area contributed by atoms with Crippen LogP contribution in [-0.2, 0) is 6.42 Å². The summed E-state index contributed by atoms with van der Waals surface area (Å²) in [6, 6.07) is 3.02. The highest BCUT2D eigenvalue weighted by Gasteiger charge is 2.22. The zero-order chi connectivity index (χ0) is 12.1. The minimum absolute atomic E-state index is 0.781. The molecule has 0 spiro atoms. The van der Waals surface area contributed by atoms with E-state index < -0.39 is 0 Å². The molecule has 0 saturated heterocycles. The van der Waals surface area contributed by atoms with Crippen LogP contribution in [-0.4, -0.2) is 12.6 Å². The van der Waals surface area contributed by atoms with Crippen LogP contribution in [0.3, 0.4) is 0 Å². The van der Waals surface area contributed by atoms with Gasteiger partial charge in [-0.15, -0.1) is 0 Å². The molecule has 1 nitrogen and oxygen atoms in total. The SMILES string of the molecule is CC(C)C1CCC(NCCc2ccsc2)CC1. The van der Waals surface area contributed by atoms with Crippen molar-refractivity contribution in [2.24, 2.45) is 11.8 Å². The summed E-state index contributed by atoms with van der Waals surface area (Å²) in [6.07, 6.45) is 6.80. The van der Waals surface area contributed by atoms with E-state index in [1.807, 2.05) is 0 Å². The summed E-state index contributed by atoms with van der Waals surface area (Å²) < 4.78 is 0. The van der Waals surface area contributed by atoms with E-state index in [0.717, 1.165) is 24.4 Å². The first-order chi connectivity index (χ1) is 8.25. The van der Waals surface area contributed by atoms with Crippen LogP contribution in [0.4, 0.5) is 0 Å². The lowest BCUT2D eigenvalue weighted by atomic mass is 9.80. The largest absolute Gasteiger partial charge is 0.314 e. The molecule has 0 atom stereocenters. The Morgan fingerprint density at radius 3 is 2.65 bits per heavy atom. The Hall–Kier alpha value is -0.340. The van der Waals surface area contributed by atoms with Crippen molar-refractivity contribution >= 4 is 11.3 Å². The van der Waals surface area contributed by atoms with Gasteiger partial charge in [-0.1, -0.05) is 13.8 Å². The lowest BCUT2D eigenvalue weighted by molar-refractivity contribution is 0.239. The molecule has 1 aromatic rings. The average molecular weight is 251 g/mol. The van der Waals surface area contributed by atoms with E-state index in [4.69, 9.17) is 0 Å². The Kier molecular flexibility index (Phi) is 5.05. The molecule has 1 heterocycles. The molecule has 1 aliphatic rings. The van der Waals surface area contributed by atoms with Crippen molar-refractivity contribution in [2.45, 2.75) is 52.0 Å². The first kappa shape index (κ1) is 13.1. The normalized spacial score (nSPS) is 25.4. The number of hydrogen-bond acceptors (Lipinski definition) is 2. The van der Waals surface area contributed by atoms with Gasteiger partial charge >= 0.3 is 0 Å². The van der Waals surface area contributed by atoms with Crippen LogP contribution in [0.2, 0.25) is 0 Å². The van der Waals surface area contributed by atoms with Gasteiger partial charge in [-0.05, 0) is 72.9 Å². The van der Waals surface area contributed by atoms with Crippen molar-refractivity contribution in [2.75, 3.05) is 6.54 Å². The van der Waals surface area contributed by atoms with Gasteiger partial charge in [0.15, 0.2) is 0 Å². The molecule has 0 aliphatic heterocycles. The van der Waals surface area contributed by atoms with E-state index in [1.54, 1.807) is 11.3 Å². The molecule has 1 aliphatic carbocycles. The minimum Gasteiger partial charge on any atom is -0.314 e. The fourth-order valence-electron chi connectivity index (χ4n) is 2.85. The third-order valence-corrected chi connectivity index (χ3v) is 4.87. The monoisotopic (exact) mass is 251 g/mol. The molecule has 0 radical (unpaired) electrons. The van der Waals surface area contributed by atoms with Crippen LogP contribution in [0.15, 0.2) is 16.8 Å². The second-order valence-corrected chi connectivity index (χ2v) is 6.47. The van der Waals surface area contributed by atoms with E-state index in [1.165, 1.54) is 37.7 Å². The average Bonchev–Trinajstić information content (AvgIpc) is 2.83. The maximum Gasteiger partial charge on any atom is 0.00673 e. The highest BCUT2D eigenvalue weighted by molar-refractivity contribution is 7.07. The van der Waals surface area contributed by atoms with Gasteiger partial charge in [-0.2, -0.15) is 11.3 Å². The van der Waals surface area contributed by atoms with Crippen LogP contribution in [0.1, 0.15) is 45.1 Å². The number of nitrogens with one attached hydrogen (secondary N) is 1. The third-order valence-electron chi connectivity index (χ3n) is 4.14. The lowest BCUT2D eigenvalue weighted by Crippen LogP contribution is -2.35. The molecule has 2 rings (SSSR count). The quantitative estimate of drug-likeness (QED) is 0.831. The highest BCUT2D eigenvalue weighted by atomic mass is 32.1. The Bertz CT molecular complexity index is 297. The predicted molar refractivity (Wildman–Crippen MR) is 76.6 cm³/mol. The highest BCUT2D eigenvalue weighted by Crippen LogP contribution is 2.29. The second-order valence-electron chi connectivity index (χ2n) is 5.69. The molecule has 0 bridgehead atoms. The van der Waals surface area contributed by atoms with Gasteiger partial charge in [-0.3, -0.25) is 0 Å². The van der Waals surface area contributed by atoms with E-state index in [-0.39, 0.29) is 0 Å². The van der Waals surface area contributed by atoms with Crippen LogP contribution in [0, 0.1) is 11.8 Å². The standard InChI is InChI=1S/C15H25NS/c1-12(2)14-3-5-15(6-4-14)16-9-7-13-8-10-17-11-13/h8,10-12,14-16H,3-7,9H2,1-2H3. The second kappa shape index (κ2) is 6.55. The van der Waals surface area contributed by atoms with Crippen LogP contribution in [0.5, 0.6) is 0 Å². The topological polar surface area (TPSA) is 12.0 Å². The van der Waals surface area contributed by atoms with E-state index in [2.05, 4.69) is 36.0 Å². The van der Waals surface area contributed by atoms with Crippen molar-refractivity contribution in [1.82, 2.24) is 5.32 Å². The first-order valence-electron chi connectivity index (χ1n) is 7.00. The summed E-state index contributed by atoms with van der Waals surface area (Å²) >= 11 is 1.80. The molecular formula is C15H25NS. The summed E-state index contributed by atoms with van der Waals surface area (Å²) in [5.41, 5.74) is 1.48. The maximum atomic E-state index is 3.72. The minimum atomic E-state index is 0.781. The maximum absolute atomic E-state index is 3.72.